The van der Waals surface area contributed by atoms with Crippen molar-refractivity contribution in [2.45, 2.75) is 62.8 Å². The number of nitrogens with two attached hydrogens (primary N) is 1. The van der Waals surface area contributed by atoms with Gasteiger partial charge in [0.1, 0.15) is 0 Å². The van der Waals surface area contributed by atoms with Gasteiger partial charge < -0.3 is 10.5 Å². The summed E-state index contributed by atoms with van der Waals surface area (Å²) in [5.74, 6) is 1.25. The summed E-state index contributed by atoms with van der Waals surface area (Å²) in [6, 6.07) is 0. The maximum absolute atomic E-state index is 6.23. The highest BCUT2D eigenvalue weighted by atomic mass is 32.2. The number of rotatable bonds is 4. The standard InChI is InChI=1S/C15H30N2OS/c1-4-13-10-17(7-9-19-13)15(12-16)6-8-18-14(3,5-2)11-15/h13H,4-12,16H2,1-3H3. The molecule has 4 heteroatoms. The third-order valence-electron chi connectivity index (χ3n) is 5.11. The van der Waals surface area contributed by atoms with Gasteiger partial charge in [0.25, 0.3) is 0 Å². The van der Waals surface area contributed by atoms with Gasteiger partial charge in [-0.05, 0) is 32.6 Å². The topological polar surface area (TPSA) is 38.5 Å². The molecule has 2 saturated heterocycles. The minimum absolute atomic E-state index is 0.0178. The maximum atomic E-state index is 6.23. The zero-order chi connectivity index (χ0) is 13.9. The highest BCUT2D eigenvalue weighted by molar-refractivity contribution is 8.00. The van der Waals surface area contributed by atoms with Gasteiger partial charge in [-0.3, -0.25) is 4.90 Å². The number of thioether (sulfide) groups is 1. The first kappa shape index (κ1) is 15.6. The van der Waals surface area contributed by atoms with Crippen LogP contribution in [0, 0.1) is 0 Å². The Bertz CT molecular complexity index is 302. The van der Waals surface area contributed by atoms with Gasteiger partial charge in [0.05, 0.1) is 5.60 Å². The van der Waals surface area contributed by atoms with E-state index in [1.165, 1.54) is 25.3 Å². The van der Waals surface area contributed by atoms with Crippen LogP contribution in [0.2, 0.25) is 0 Å². The molecule has 2 N–H and O–H groups in total. The van der Waals surface area contributed by atoms with Crippen molar-refractivity contribution >= 4 is 11.8 Å². The second-order valence-electron chi connectivity index (χ2n) is 6.35. The molecule has 2 aliphatic heterocycles. The van der Waals surface area contributed by atoms with E-state index in [1.54, 1.807) is 0 Å². The van der Waals surface area contributed by atoms with Crippen LogP contribution in [0.1, 0.15) is 46.5 Å². The highest BCUT2D eigenvalue weighted by Gasteiger charge is 2.46. The Morgan fingerprint density at radius 2 is 2.21 bits per heavy atom. The molecular weight excluding hydrogens is 256 g/mol. The van der Waals surface area contributed by atoms with Gasteiger partial charge >= 0.3 is 0 Å². The first-order valence-electron chi connectivity index (χ1n) is 7.78. The summed E-state index contributed by atoms with van der Waals surface area (Å²) in [5, 5.41) is 0.785. The number of nitrogens with zero attached hydrogens (tertiary/aromatic N) is 1. The highest BCUT2D eigenvalue weighted by Crippen LogP contribution is 2.39. The Morgan fingerprint density at radius 3 is 2.84 bits per heavy atom. The quantitative estimate of drug-likeness (QED) is 0.862. The second-order valence-corrected chi connectivity index (χ2v) is 7.76. The van der Waals surface area contributed by atoms with Crippen LogP contribution in [0.3, 0.4) is 0 Å². The van der Waals surface area contributed by atoms with Gasteiger partial charge in [-0.2, -0.15) is 11.8 Å². The molecule has 0 saturated carbocycles. The van der Waals surface area contributed by atoms with Crippen molar-refractivity contribution in [1.29, 1.82) is 0 Å². The monoisotopic (exact) mass is 286 g/mol. The molecule has 3 atom stereocenters. The van der Waals surface area contributed by atoms with Gasteiger partial charge in [-0.15, -0.1) is 0 Å². The Hall–Kier alpha value is 0.230. The predicted octanol–water partition coefficient (Wildman–Crippen LogP) is 2.49. The van der Waals surface area contributed by atoms with Crippen LogP contribution in [0.5, 0.6) is 0 Å². The van der Waals surface area contributed by atoms with E-state index in [0.717, 1.165) is 37.7 Å². The van der Waals surface area contributed by atoms with Crippen molar-refractivity contribution in [3.8, 4) is 0 Å². The summed E-state index contributed by atoms with van der Waals surface area (Å²) in [6.07, 6.45) is 4.53. The van der Waals surface area contributed by atoms with Crippen molar-refractivity contribution in [2.75, 3.05) is 32.0 Å². The molecule has 0 bridgehead atoms. The van der Waals surface area contributed by atoms with Crippen LogP contribution in [-0.2, 0) is 4.74 Å². The summed E-state index contributed by atoms with van der Waals surface area (Å²) in [6.45, 7) is 10.8. The van der Waals surface area contributed by atoms with E-state index in [-0.39, 0.29) is 11.1 Å². The average molecular weight is 286 g/mol. The number of hydrogen-bond acceptors (Lipinski definition) is 4. The normalized spacial score (nSPS) is 41.4. The van der Waals surface area contributed by atoms with Crippen LogP contribution in [-0.4, -0.2) is 53.3 Å². The second kappa shape index (κ2) is 6.33. The lowest BCUT2D eigenvalue weighted by Gasteiger charge is -2.53. The Kier molecular flexibility index (Phi) is 5.21. The molecule has 2 aliphatic rings. The van der Waals surface area contributed by atoms with Gasteiger partial charge in [0.15, 0.2) is 0 Å². The third-order valence-corrected chi connectivity index (χ3v) is 6.49. The molecule has 0 amide bonds. The summed E-state index contributed by atoms with van der Waals surface area (Å²) in [7, 11) is 0. The summed E-state index contributed by atoms with van der Waals surface area (Å²) in [4.78, 5) is 2.69. The van der Waals surface area contributed by atoms with E-state index in [0.29, 0.717) is 0 Å². The summed E-state index contributed by atoms with van der Waals surface area (Å²) >= 11 is 2.13. The van der Waals surface area contributed by atoms with Crippen LogP contribution in [0.25, 0.3) is 0 Å². The Balaban J connectivity index is 2.12. The van der Waals surface area contributed by atoms with Gasteiger partial charge in [0.2, 0.25) is 0 Å². The molecule has 19 heavy (non-hydrogen) atoms. The molecule has 3 unspecified atom stereocenters. The van der Waals surface area contributed by atoms with Crippen molar-refractivity contribution in [1.82, 2.24) is 4.90 Å². The zero-order valence-electron chi connectivity index (χ0n) is 12.8. The molecule has 0 aliphatic carbocycles. The fourth-order valence-electron chi connectivity index (χ4n) is 3.52. The SMILES string of the molecule is CCC1CN(C2(CN)CCOC(C)(CC)C2)CCS1. The van der Waals surface area contributed by atoms with Gasteiger partial charge in [-0.1, -0.05) is 13.8 Å². The van der Waals surface area contributed by atoms with Crippen LogP contribution in [0.15, 0.2) is 0 Å². The van der Waals surface area contributed by atoms with Crippen molar-refractivity contribution in [2.24, 2.45) is 5.73 Å². The molecule has 2 rings (SSSR count). The van der Waals surface area contributed by atoms with E-state index < -0.39 is 0 Å². The lowest BCUT2D eigenvalue weighted by molar-refractivity contribution is -0.128. The molecule has 3 nitrogen and oxygen atoms in total. The minimum Gasteiger partial charge on any atom is -0.375 e. The fraction of sp³-hybridized carbons (Fsp3) is 1.00. The van der Waals surface area contributed by atoms with E-state index in [2.05, 4.69) is 37.4 Å². The lowest BCUT2D eigenvalue weighted by atomic mass is 9.77. The Labute approximate surface area is 122 Å². The molecule has 0 spiro atoms. The maximum Gasteiger partial charge on any atom is 0.0670 e. The first-order valence-corrected chi connectivity index (χ1v) is 8.83. The molecule has 0 aromatic rings. The van der Waals surface area contributed by atoms with E-state index in [4.69, 9.17) is 10.5 Å². The van der Waals surface area contributed by atoms with Crippen molar-refractivity contribution < 1.29 is 4.74 Å². The molecule has 0 radical (unpaired) electrons. The average Bonchev–Trinajstić information content (AvgIpc) is 2.47. The zero-order valence-corrected chi connectivity index (χ0v) is 13.6. The molecule has 0 aromatic heterocycles. The van der Waals surface area contributed by atoms with Gasteiger partial charge in [-0.25, -0.2) is 0 Å². The largest absolute Gasteiger partial charge is 0.375 e. The van der Waals surface area contributed by atoms with Crippen molar-refractivity contribution in [3.05, 3.63) is 0 Å². The molecule has 2 fully saturated rings. The van der Waals surface area contributed by atoms with Crippen LogP contribution in [0.4, 0.5) is 0 Å². The predicted molar refractivity (Wildman–Crippen MR) is 83.8 cm³/mol. The van der Waals surface area contributed by atoms with Crippen LogP contribution >= 0.6 is 11.8 Å². The minimum atomic E-state index is 0.0178. The summed E-state index contributed by atoms with van der Waals surface area (Å²) in [5.41, 5.74) is 6.42. The van der Waals surface area contributed by atoms with E-state index >= 15 is 0 Å². The smallest absolute Gasteiger partial charge is 0.0670 e. The third kappa shape index (κ3) is 3.29. The molecule has 112 valence electrons. The van der Waals surface area contributed by atoms with Gasteiger partial charge in [0, 0.05) is 42.8 Å². The summed E-state index contributed by atoms with van der Waals surface area (Å²) < 4.78 is 6.03. The molecule has 0 aromatic carbocycles. The Morgan fingerprint density at radius 1 is 1.42 bits per heavy atom. The molecule has 2 heterocycles. The van der Waals surface area contributed by atoms with Crippen LogP contribution < -0.4 is 5.73 Å². The number of ether oxygens (including phenoxy) is 1. The van der Waals surface area contributed by atoms with E-state index in [1.807, 2.05) is 0 Å². The first-order chi connectivity index (χ1) is 9.07. The lowest BCUT2D eigenvalue weighted by Crippen LogP contribution is -2.63. The van der Waals surface area contributed by atoms with E-state index in [9.17, 15) is 0 Å². The number of hydrogen-bond donors (Lipinski definition) is 1. The molecular formula is C15H30N2OS. The fourth-order valence-corrected chi connectivity index (χ4v) is 4.70. The van der Waals surface area contributed by atoms with Crippen molar-refractivity contribution in [3.63, 3.8) is 0 Å².